The van der Waals surface area contributed by atoms with Crippen LogP contribution >= 0.6 is 0 Å². The summed E-state index contributed by atoms with van der Waals surface area (Å²) in [4.78, 5) is 20.9. The van der Waals surface area contributed by atoms with E-state index in [1.54, 1.807) is 24.5 Å². The summed E-state index contributed by atoms with van der Waals surface area (Å²) >= 11 is 0. The van der Waals surface area contributed by atoms with Crippen LogP contribution in [-0.2, 0) is 0 Å². The number of aromatic nitrogens is 1. The molecule has 1 aromatic heterocycles. The zero-order chi connectivity index (χ0) is 21.7. The molecule has 0 saturated carbocycles. The van der Waals surface area contributed by atoms with Crippen molar-refractivity contribution in [2.24, 2.45) is 4.99 Å². The van der Waals surface area contributed by atoms with E-state index >= 15 is 0 Å². The Morgan fingerprint density at radius 3 is 2.10 bits per heavy atom. The smallest absolute Gasteiger partial charge is 0.252 e. The summed E-state index contributed by atoms with van der Waals surface area (Å²) in [6, 6.07) is 24.3. The zero-order valence-electron chi connectivity index (χ0n) is 17.8. The third-order valence-corrected chi connectivity index (χ3v) is 4.81. The third kappa shape index (κ3) is 6.96. The molecule has 1 amide bonds. The van der Waals surface area contributed by atoms with Crippen molar-refractivity contribution in [3.8, 4) is 0 Å². The lowest BCUT2D eigenvalue weighted by Crippen LogP contribution is -2.41. The summed E-state index contributed by atoms with van der Waals surface area (Å²) in [5, 5.41) is 9.46. The molecule has 3 N–H and O–H groups in total. The molecule has 3 aromatic rings. The molecule has 0 atom stereocenters. The van der Waals surface area contributed by atoms with Gasteiger partial charge in [0, 0.05) is 37.9 Å². The lowest BCUT2D eigenvalue weighted by atomic mass is 9.91. The topological polar surface area (TPSA) is 78.4 Å². The van der Waals surface area contributed by atoms with Crippen LogP contribution < -0.4 is 16.0 Å². The predicted molar refractivity (Wildman–Crippen MR) is 125 cm³/mol. The van der Waals surface area contributed by atoms with Crippen molar-refractivity contribution in [1.82, 2.24) is 20.9 Å². The Balaban J connectivity index is 1.60. The monoisotopic (exact) mass is 415 g/mol. The highest BCUT2D eigenvalue weighted by atomic mass is 16.1. The number of aliphatic imine (C=N–C) groups is 1. The maximum absolute atomic E-state index is 12.1. The Morgan fingerprint density at radius 2 is 1.52 bits per heavy atom. The van der Waals surface area contributed by atoms with Crippen molar-refractivity contribution in [3.63, 3.8) is 0 Å². The molecule has 6 heteroatoms. The molecule has 0 aliphatic heterocycles. The predicted octanol–water partition coefficient (Wildman–Crippen LogP) is 3.20. The normalized spacial score (nSPS) is 11.2. The highest BCUT2D eigenvalue weighted by molar-refractivity contribution is 5.93. The lowest BCUT2D eigenvalue weighted by Gasteiger charge is -2.18. The summed E-state index contributed by atoms with van der Waals surface area (Å²) in [6.07, 6.45) is 3.21. The third-order valence-electron chi connectivity index (χ3n) is 4.81. The van der Waals surface area contributed by atoms with E-state index in [0.29, 0.717) is 25.2 Å². The van der Waals surface area contributed by atoms with Crippen molar-refractivity contribution in [2.45, 2.75) is 12.8 Å². The van der Waals surface area contributed by atoms with Gasteiger partial charge < -0.3 is 16.0 Å². The van der Waals surface area contributed by atoms with E-state index in [1.165, 1.54) is 11.1 Å². The number of amides is 1. The number of guanidine groups is 1. The molecule has 0 aliphatic carbocycles. The van der Waals surface area contributed by atoms with Gasteiger partial charge in [-0.2, -0.15) is 0 Å². The molecular weight excluding hydrogens is 386 g/mol. The second-order valence-corrected chi connectivity index (χ2v) is 7.02. The fourth-order valence-corrected chi connectivity index (χ4v) is 3.25. The van der Waals surface area contributed by atoms with Gasteiger partial charge in [-0.05, 0) is 30.2 Å². The minimum absolute atomic E-state index is 0.134. The van der Waals surface area contributed by atoms with Crippen LogP contribution in [0.4, 0.5) is 0 Å². The van der Waals surface area contributed by atoms with Gasteiger partial charge in [-0.1, -0.05) is 60.7 Å². The van der Waals surface area contributed by atoms with Gasteiger partial charge in [0.25, 0.3) is 5.91 Å². The number of carbonyl (C=O) groups excluding carboxylic acids is 1. The van der Waals surface area contributed by atoms with Gasteiger partial charge in [0.1, 0.15) is 0 Å². The number of nitrogens with one attached hydrogen (secondary N) is 3. The van der Waals surface area contributed by atoms with Gasteiger partial charge in [0.15, 0.2) is 5.96 Å². The molecule has 6 nitrogen and oxygen atoms in total. The van der Waals surface area contributed by atoms with Crippen LogP contribution in [0.1, 0.15) is 34.3 Å². The molecule has 0 saturated heterocycles. The second kappa shape index (κ2) is 12.1. The van der Waals surface area contributed by atoms with Crippen molar-refractivity contribution in [1.29, 1.82) is 0 Å². The Hall–Kier alpha value is -3.67. The van der Waals surface area contributed by atoms with Crippen LogP contribution in [0.25, 0.3) is 0 Å². The van der Waals surface area contributed by atoms with E-state index < -0.39 is 0 Å². The Morgan fingerprint density at radius 1 is 0.871 bits per heavy atom. The number of rotatable bonds is 9. The number of pyridine rings is 1. The molecule has 0 unspecified atom stereocenters. The molecule has 1 heterocycles. The van der Waals surface area contributed by atoms with Crippen molar-refractivity contribution < 1.29 is 4.79 Å². The van der Waals surface area contributed by atoms with Gasteiger partial charge in [0.2, 0.25) is 0 Å². The molecule has 160 valence electrons. The molecule has 0 radical (unpaired) electrons. The summed E-state index contributed by atoms with van der Waals surface area (Å²) in [5.74, 6) is 0.767. The van der Waals surface area contributed by atoms with Gasteiger partial charge in [0.05, 0.1) is 12.1 Å². The van der Waals surface area contributed by atoms with Crippen LogP contribution in [0.2, 0.25) is 0 Å². The van der Waals surface area contributed by atoms with E-state index in [0.717, 1.165) is 12.5 Å². The van der Waals surface area contributed by atoms with E-state index in [2.05, 4.69) is 69.5 Å². The maximum atomic E-state index is 12.1. The van der Waals surface area contributed by atoms with E-state index in [9.17, 15) is 4.79 Å². The molecule has 2 aromatic carbocycles. The summed E-state index contributed by atoms with van der Waals surface area (Å²) in [5.41, 5.74) is 3.02. The molecule has 0 spiro atoms. The largest absolute Gasteiger partial charge is 0.357 e. The molecule has 3 rings (SSSR count). The number of hydrogen-bond donors (Lipinski definition) is 3. The van der Waals surface area contributed by atoms with E-state index in [1.807, 2.05) is 19.1 Å². The quantitative estimate of drug-likeness (QED) is 0.285. The van der Waals surface area contributed by atoms with Crippen LogP contribution in [0.15, 0.2) is 90.2 Å². The van der Waals surface area contributed by atoms with Crippen LogP contribution in [0.5, 0.6) is 0 Å². The first-order chi connectivity index (χ1) is 15.3. The van der Waals surface area contributed by atoms with Crippen molar-refractivity contribution in [2.75, 3.05) is 26.2 Å². The average molecular weight is 416 g/mol. The van der Waals surface area contributed by atoms with Gasteiger partial charge >= 0.3 is 0 Å². The Bertz CT molecular complexity index is 906. The van der Waals surface area contributed by atoms with Gasteiger partial charge in [-0.25, -0.2) is 0 Å². The standard InChI is InChI=1S/C25H29N5O/c1-2-27-25(29-17-16-28-24(31)22-14-9-15-26-18-22)30-19-23(20-10-5-3-6-11-20)21-12-7-4-8-13-21/h3-15,18,23H,2,16-17,19H2,1H3,(H,28,31)(H2,27,29,30). The Kier molecular flexibility index (Phi) is 8.61. The number of benzene rings is 2. The average Bonchev–Trinajstić information content (AvgIpc) is 2.83. The fourth-order valence-electron chi connectivity index (χ4n) is 3.25. The first kappa shape index (κ1) is 22.0. The lowest BCUT2D eigenvalue weighted by molar-refractivity contribution is 0.0954. The molecule has 31 heavy (non-hydrogen) atoms. The molecule has 0 fully saturated rings. The van der Waals surface area contributed by atoms with Crippen LogP contribution in [0.3, 0.4) is 0 Å². The van der Waals surface area contributed by atoms with Crippen LogP contribution in [-0.4, -0.2) is 43.0 Å². The maximum Gasteiger partial charge on any atom is 0.252 e. The number of hydrogen-bond acceptors (Lipinski definition) is 3. The summed E-state index contributed by atoms with van der Waals surface area (Å²) in [7, 11) is 0. The number of carbonyl (C=O) groups is 1. The zero-order valence-corrected chi connectivity index (χ0v) is 17.8. The first-order valence-corrected chi connectivity index (χ1v) is 10.6. The minimum atomic E-state index is -0.134. The molecular formula is C25H29N5O. The van der Waals surface area contributed by atoms with Gasteiger partial charge in [-0.15, -0.1) is 0 Å². The molecule has 0 bridgehead atoms. The Labute approximate surface area is 183 Å². The number of nitrogens with zero attached hydrogens (tertiary/aromatic N) is 2. The second-order valence-electron chi connectivity index (χ2n) is 7.02. The highest BCUT2D eigenvalue weighted by Gasteiger charge is 2.13. The van der Waals surface area contributed by atoms with Gasteiger partial charge in [-0.3, -0.25) is 14.8 Å². The van der Waals surface area contributed by atoms with Crippen molar-refractivity contribution >= 4 is 11.9 Å². The summed E-state index contributed by atoms with van der Waals surface area (Å²) in [6.45, 7) is 4.46. The SMILES string of the molecule is CCNC(=NCC(c1ccccc1)c1ccccc1)NCCNC(=O)c1cccnc1. The van der Waals surface area contributed by atoms with Crippen molar-refractivity contribution in [3.05, 3.63) is 102 Å². The fraction of sp³-hybridized carbons (Fsp3) is 0.240. The first-order valence-electron chi connectivity index (χ1n) is 10.6. The van der Waals surface area contributed by atoms with E-state index in [-0.39, 0.29) is 11.8 Å². The minimum Gasteiger partial charge on any atom is -0.357 e. The van der Waals surface area contributed by atoms with E-state index in [4.69, 9.17) is 4.99 Å². The van der Waals surface area contributed by atoms with Crippen LogP contribution in [0, 0.1) is 0 Å². The summed E-state index contributed by atoms with van der Waals surface area (Å²) < 4.78 is 0. The highest BCUT2D eigenvalue weighted by Crippen LogP contribution is 2.24. The molecule has 0 aliphatic rings.